The molecular weight excluding hydrogens is 304 g/mol. The van der Waals surface area contributed by atoms with E-state index in [0.29, 0.717) is 0 Å². The third-order valence-corrected chi connectivity index (χ3v) is 4.98. The Balaban J connectivity index is 1.49. The Kier molecular flexibility index (Phi) is 4.49. The van der Waals surface area contributed by atoms with Crippen LogP contribution in [0, 0.1) is 5.41 Å². The number of anilines is 1. The van der Waals surface area contributed by atoms with Gasteiger partial charge in [-0.2, -0.15) is 0 Å². The zero-order chi connectivity index (χ0) is 16.2. The summed E-state index contributed by atoms with van der Waals surface area (Å²) in [6.45, 7) is 6.36. The Hall–Kier alpha value is -1.92. The number of aromatic nitrogens is 2. The molecule has 0 amide bonds. The van der Waals surface area contributed by atoms with Gasteiger partial charge in [0, 0.05) is 37.4 Å². The number of nitrogens with zero attached hydrogens (tertiary/aromatic N) is 4. The number of piperidine rings is 1. The van der Waals surface area contributed by atoms with Gasteiger partial charge < -0.3 is 14.1 Å². The second kappa shape index (κ2) is 6.91. The summed E-state index contributed by atoms with van der Waals surface area (Å²) in [6, 6.07) is 5.87. The Labute approximate surface area is 142 Å². The first-order valence-corrected chi connectivity index (χ1v) is 8.68. The van der Waals surface area contributed by atoms with E-state index in [2.05, 4.69) is 25.8 Å². The lowest BCUT2D eigenvalue weighted by Crippen LogP contribution is -2.50. The molecule has 6 nitrogen and oxygen atoms in total. The molecule has 4 rings (SSSR count). The van der Waals surface area contributed by atoms with Gasteiger partial charge in [-0.05, 0) is 37.6 Å². The van der Waals surface area contributed by atoms with Crippen LogP contribution < -0.4 is 4.90 Å². The Morgan fingerprint density at radius 1 is 1.12 bits per heavy atom. The summed E-state index contributed by atoms with van der Waals surface area (Å²) in [5, 5.41) is 0. The molecule has 0 N–H and O–H groups in total. The lowest BCUT2D eigenvalue weighted by molar-refractivity contribution is 0.00877. The van der Waals surface area contributed by atoms with Crippen molar-refractivity contribution in [3.63, 3.8) is 0 Å². The summed E-state index contributed by atoms with van der Waals surface area (Å²) in [5.41, 5.74) is 0.139. The minimum absolute atomic E-state index is 0.139. The monoisotopic (exact) mass is 328 g/mol. The highest BCUT2D eigenvalue weighted by molar-refractivity contribution is 5.29. The molecule has 24 heavy (non-hydrogen) atoms. The standard InChI is InChI=1S/C18H24N4O2/c1-4-16(24-10-1)12-21-8-2-5-18(13-21)14-22(9-11-23-15-18)17-19-6-3-7-20-17/h1,3-4,6-7,10H,2,5,8-9,11-15H2/t18-/m0/s1. The predicted octanol–water partition coefficient (Wildman–Crippen LogP) is 2.19. The van der Waals surface area contributed by atoms with E-state index in [-0.39, 0.29) is 5.41 Å². The molecule has 0 unspecified atom stereocenters. The third-order valence-electron chi connectivity index (χ3n) is 4.98. The van der Waals surface area contributed by atoms with Gasteiger partial charge in [-0.15, -0.1) is 0 Å². The molecule has 2 saturated heterocycles. The minimum Gasteiger partial charge on any atom is -0.468 e. The van der Waals surface area contributed by atoms with E-state index in [4.69, 9.17) is 9.15 Å². The fourth-order valence-electron chi connectivity index (χ4n) is 3.93. The molecule has 0 saturated carbocycles. The van der Waals surface area contributed by atoms with Crippen LogP contribution in [0.25, 0.3) is 0 Å². The van der Waals surface area contributed by atoms with Crippen LogP contribution in [0.4, 0.5) is 5.95 Å². The number of hydrogen-bond donors (Lipinski definition) is 0. The van der Waals surface area contributed by atoms with Gasteiger partial charge in [-0.25, -0.2) is 9.97 Å². The topological polar surface area (TPSA) is 54.6 Å². The van der Waals surface area contributed by atoms with Gasteiger partial charge in [0.2, 0.25) is 5.95 Å². The van der Waals surface area contributed by atoms with Gasteiger partial charge in [0.15, 0.2) is 0 Å². The zero-order valence-corrected chi connectivity index (χ0v) is 13.9. The molecule has 2 aliphatic rings. The number of likely N-dealkylation sites (tertiary alicyclic amines) is 1. The van der Waals surface area contributed by atoms with E-state index < -0.39 is 0 Å². The second-order valence-corrected chi connectivity index (χ2v) is 6.92. The maximum absolute atomic E-state index is 5.98. The van der Waals surface area contributed by atoms with Crippen LogP contribution in [0.3, 0.4) is 0 Å². The molecule has 2 aliphatic heterocycles. The first kappa shape index (κ1) is 15.6. The van der Waals surface area contributed by atoms with Crippen molar-refractivity contribution in [1.82, 2.24) is 14.9 Å². The largest absolute Gasteiger partial charge is 0.468 e. The van der Waals surface area contributed by atoms with Crippen molar-refractivity contribution in [3.05, 3.63) is 42.6 Å². The van der Waals surface area contributed by atoms with E-state index in [1.165, 1.54) is 12.8 Å². The first-order chi connectivity index (χ1) is 11.8. The fraction of sp³-hybridized carbons (Fsp3) is 0.556. The molecule has 4 heterocycles. The molecular formula is C18H24N4O2. The highest BCUT2D eigenvalue weighted by Gasteiger charge is 2.39. The molecule has 0 bridgehead atoms. The first-order valence-electron chi connectivity index (χ1n) is 8.68. The van der Waals surface area contributed by atoms with Gasteiger partial charge in [-0.3, -0.25) is 4.90 Å². The fourth-order valence-corrected chi connectivity index (χ4v) is 3.93. The van der Waals surface area contributed by atoms with E-state index in [0.717, 1.165) is 57.6 Å². The van der Waals surface area contributed by atoms with E-state index in [1.54, 1.807) is 6.26 Å². The molecule has 0 aliphatic carbocycles. The van der Waals surface area contributed by atoms with E-state index in [1.807, 2.05) is 24.5 Å². The van der Waals surface area contributed by atoms with Crippen molar-refractivity contribution in [2.24, 2.45) is 5.41 Å². The van der Waals surface area contributed by atoms with Crippen molar-refractivity contribution in [2.45, 2.75) is 19.4 Å². The average Bonchev–Trinajstić information content (AvgIpc) is 3.03. The predicted molar refractivity (Wildman–Crippen MR) is 90.7 cm³/mol. The summed E-state index contributed by atoms with van der Waals surface area (Å²) in [6.07, 6.45) is 7.74. The Morgan fingerprint density at radius 3 is 2.88 bits per heavy atom. The molecule has 1 atom stereocenters. The summed E-state index contributed by atoms with van der Waals surface area (Å²) < 4.78 is 11.5. The summed E-state index contributed by atoms with van der Waals surface area (Å²) in [7, 11) is 0. The van der Waals surface area contributed by atoms with Crippen LogP contribution in [0.5, 0.6) is 0 Å². The van der Waals surface area contributed by atoms with Crippen molar-refractivity contribution < 1.29 is 9.15 Å². The quantitative estimate of drug-likeness (QED) is 0.861. The zero-order valence-electron chi connectivity index (χ0n) is 13.9. The van der Waals surface area contributed by atoms with Gasteiger partial charge >= 0.3 is 0 Å². The summed E-state index contributed by atoms with van der Waals surface area (Å²) in [4.78, 5) is 13.6. The van der Waals surface area contributed by atoms with Gasteiger partial charge in [0.25, 0.3) is 0 Å². The molecule has 0 radical (unpaired) electrons. The lowest BCUT2D eigenvalue weighted by atomic mass is 9.80. The normalized spacial score (nSPS) is 25.8. The number of furan rings is 1. The van der Waals surface area contributed by atoms with Crippen molar-refractivity contribution in [1.29, 1.82) is 0 Å². The Morgan fingerprint density at radius 2 is 2.04 bits per heavy atom. The highest BCUT2D eigenvalue weighted by Crippen LogP contribution is 2.34. The second-order valence-electron chi connectivity index (χ2n) is 6.92. The molecule has 2 aromatic rings. The molecule has 0 aromatic carbocycles. The van der Waals surface area contributed by atoms with Crippen LogP contribution in [0.1, 0.15) is 18.6 Å². The molecule has 2 fully saturated rings. The number of rotatable bonds is 3. The van der Waals surface area contributed by atoms with Crippen LogP contribution in [0.2, 0.25) is 0 Å². The SMILES string of the molecule is c1cnc(N2CCOC[C@]3(CCCN(Cc4ccco4)C3)C2)nc1. The number of ether oxygens (including phenoxy) is 1. The van der Waals surface area contributed by atoms with Gasteiger partial charge in [-0.1, -0.05) is 0 Å². The van der Waals surface area contributed by atoms with Gasteiger partial charge in [0.1, 0.15) is 5.76 Å². The van der Waals surface area contributed by atoms with Crippen molar-refractivity contribution in [3.8, 4) is 0 Å². The summed E-state index contributed by atoms with van der Waals surface area (Å²) >= 11 is 0. The van der Waals surface area contributed by atoms with Crippen LogP contribution in [0.15, 0.2) is 41.3 Å². The minimum atomic E-state index is 0.139. The van der Waals surface area contributed by atoms with Gasteiger partial charge in [0.05, 0.1) is 26.0 Å². The van der Waals surface area contributed by atoms with E-state index in [9.17, 15) is 0 Å². The smallest absolute Gasteiger partial charge is 0.225 e. The van der Waals surface area contributed by atoms with Crippen molar-refractivity contribution >= 4 is 5.95 Å². The maximum atomic E-state index is 5.98. The van der Waals surface area contributed by atoms with Crippen molar-refractivity contribution in [2.75, 3.05) is 44.3 Å². The Bertz CT molecular complexity index is 634. The van der Waals surface area contributed by atoms with E-state index >= 15 is 0 Å². The molecule has 6 heteroatoms. The summed E-state index contributed by atoms with van der Waals surface area (Å²) in [5.74, 6) is 1.84. The molecule has 2 aromatic heterocycles. The third kappa shape index (κ3) is 3.44. The average molecular weight is 328 g/mol. The van der Waals surface area contributed by atoms with Crippen LogP contribution >= 0.6 is 0 Å². The lowest BCUT2D eigenvalue weighted by Gasteiger charge is -2.43. The van der Waals surface area contributed by atoms with Crippen LogP contribution in [-0.2, 0) is 11.3 Å². The van der Waals surface area contributed by atoms with Crippen LogP contribution in [-0.4, -0.2) is 54.3 Å². The molecule has 128 valence electrons. The highest BCUT2D eigenvalue weighted by atomic mass is 16.5. The number of hydrogen-bond acceptors (Lipinski definition) is 6. The maximum Gasteiger partial charge on any atom is 0.225 e. The molecule has 1 spiro atoms.